The zero-order valence-electron chi connectivity index (χ0n) is 19.7. The van der Waals surface area contributed by atoms with Crippen molar-refractivity contribution < 1.29 is 19.0 Å². The zero-order valence-corrected chi connectivity index (χ0v) is 19.7. The van der Waals surface area contributed by atoms with Crippen molar-refractivity contribution >= 4 is 22.8 Å². The largest absolute Gasteiger partial charge is 0.497 e. The maximum Gasteiger partial charge on any atom is 0.330 e. The van der Waals surface area contributed by atoms with Gasteiger partial charge in [0.05, 0.1) is 13.7 Å². The minimum atomic E-state index is -0.353. The molecule has 4 aromatic rings. The van der Waals surface area contributed by atoms with Crippen molar-refractivity contribution in [2.24, 2.45) is 0 Å². The Kier molecular flexibility index (Phi) is 7.28. The number of esters is 1. The number of hydrogen-bond donors (Lipinski definition) is 0. The van der Waals surface area contributed by atoms with E-state index in [0.29, 0.717) is 6.61 Å². The number of carbonyl (C=O) groups excluding carboxylic acids is 1. The molecule has 4 rings (SSSR count). The van der Waals surface area contributed by atoms with Crippen molar-refractivity contribution in [3.05, 3.63) is 96.1 Å². The second kappa shape index (κ2) is 10.7. The van der Waals surface area contributed by atoms with Crippen LogP contribution in [0.15, 0.2) is 84.9 Å². The van der Waals surface area contributed by atoms with Gasteiger partial charge in [-0.2, -0.15) is 0 Å². The summed E-state index contributed by atoms with van der Waals surface area (Å²) in [6.45, 7) is 4.30. The lowest BCUT2D eigenvalue weighted by molar-refractivity contribution is -0.137. The van der Waals surface area contributed by atoms with Crippen molar-refractivity contribution in [1.29, 1.82) is 0 Å². The monoisotopic (exact) mass is 452 g/mol. The summed E-state index contributed by atoms with van der Waals surface area (Å²) in [4.78, 5) is 11.6. The van der Waals surface area contributed by atoms with Crippen molar-refractivity contribution in [3.8, 4) is 28.4 Å². The fraction of sp³-hybridized carbons (Fsp3) is 0.167. The lowest BCUT2D eigenvalue weighted by atomic mass is 9.92. The van der Waals surface area contributed by atoms with Gasteiger partial charge in [0, 0.05) is 17.0 Å². The predicted molar refractivity (Wildman–Crippen MR) is 137 cm³/mol. The molecule has 34 heavy (non-hydrogen) atoms. The average Bonchev–Trinajstić information content (AvgIpc) is 2.88. The summed E-state index contributed by atoms with van der Waals surface area (Å²) in [7, 11) is 1.68. The van der Waals surface area contributed by atoms with Crippen LogP contribution < -0.4 is 9.47 Å². The van der Waals surface area contributed by atoms with Crippen LogP contribution in [-0.2, 0) is 16.0 Å². The summed E-state index contributed by atoms with van der Waals surface area (Å²) in [5.74, 6) is 1.99. The number of fused-ring (bicyclic) bond motifs is 1. The molecule has 0 unspecified atom stereocenters. The van der Waals surface area contributed by atoms with E-state index in [1.165, 1.54) is 11.6 Å². The van der Waals surface area contributed by atoms with E-state index in [4.69, 9.17) is 14.2 Å². The Morgan fingerprint density at radius 2 is 1.62 bits per heavy atom. The Hall–Kier alpha value is -4.05. The molecule has 0 saturated carbocycles. The molecule has 0 aliphatic heterocycles. The summed E-state index contributed by atoms with van der Waals surface area (Å²) in [5, 5.41) is 2.09. The van der Waals surface area contributed by atoms with Gasteiger partial charge in [-0.05, 0) is 71.8 Å². The third-order valence-corrected chi connectivity index (χ3v) is 5.62. The van der Waals surface area contributed by atoms with Crippen molar-refractivity contribution in [1.82, 2.24) is 0 Å². The van der Waals surface area contributed by atoms with Gasteiger partial charge in [0.15, 0.2) is 0 Å². The van der Waals surface area contributed by atoms with Crippen LogP contribution in [0.2, 0.25) is 0 Å². The van der Waals surface area contributed by atoms with Gasteiger partial charge in [-0.25, -0.2) is 4.79 Å². The molecule has 0 radical (unpaired) electrons. The molecule has 0 N–H and O–H groups in total. The van der Waals surface area contributed by atoms with Crippen LogP contribution in [-0.4, -0.2) is 19.7 Å². The van der Waals surface area contributed by atoms with E-state index in [0.717, 1.165) is 51.1 Å². The fourth-order valence-electron chi connectivity index (χ4n) is 3.96. The van der Waals surface area contributed by atoms with Gasteiger partial charge in [-0.15, -0.1) is 0 Å². The maximum atomic E-state index is 11.6. The Bertz CT molecular complexity index is 1310. The van der Waals surface area contributed by atoms with Crippen LogP contribution in [0.1, 0.15) is 25.0 Å². The highest BCUT2D eigenvalue weighted by Gasteiger charge is 2.17. The lowest BCUT2D eigenvalue weighted by Gasteiger charge is -2.19. The van der Waals surface area contributed by atoms with Gasteiger partial charge in [-0.1, -0.05) is 55.5 Å². The van der Waals surface area contributed by atoms with Gasteiger partial charge in [-0.3, -0.25) is 0 Å². The summed E-state index contributed by atoms with van der Waals surface area (Å²) in [6, 6.07) is 26.2. The standard InChI is InChI=1S/C30H28O4/c1-4-22-19-24-20-26(32-3)16-17-27(24)30(29(22)23-9-7-6-8-10-23)34-25-14-11-21(12-15-25)13-18-28(31)33-5-2/h6-20H,4-5H2,1-3H3/b18-13+. The smallest absolute Gasteiger partial charge is 0.330 e. The van der Waals surface area contributed by atoms with E-state index in [2.05, 4.69) is 25.1 Å². The van der Waals surface area contributed by atoms with Crippen LogP contribution in [0.5, 0.6) is 17.2 Å². The SMILES string of the molecule is CCOC(=O)/C=C/c1ccc(Oc2c(-c3ccccc3)c(CC)cc3cc(OC)ccc23)cc1. The Morgan fingerprint density at radius 1 is 0.882 bits per heavy atom. The highest BCUT2D eigenvalue weighted by molar-refractivity contribution is 5.98. The molecule has 172 valence electrons. The first-order valence-corrected chi connectivity index (χ1v) is 11.4. The van der Waals surface area contributed by atoms with Gasteiger partial charge >= 0.3 is 5.97 Å². The zero-order chi connectivity index (χ0) is 23.9. The third kappa shape index (κ3) is 5.12. The molecule has 0 aliphatic carbocycles. The van der Waals surface area contributed by atoms with E-state index >= 15 is 0 Å². The van der Waals surface area contributed by atoms with Gasteiger partial charge in [0.25, 0.3) is 0 Å². The normalized spacial score (nSPS) is 11.0. The van der Waals surface area contributed by atoms with E-state index in [1.54, 1.807) is 20.1 Å². The van der Waals surface area contributed by atoms with Crippen LogP contribution >= 0.6 is 0 Å². The number of hydrogen-bond acceptors (Lipinski definition) is 4. The summed E-state index contributed by atoms with van der Waals surface area (Å²) < 4.78 is 17.0. The fourth-order valence-corrected chi connectivity index (χ4v) is 3.96. The van der Waals surface area contributed by atoms with Crippen LogP contribution in [0, 0.1) is 0 Å². The second-order valence-electron chi connectivity index (χ2n) is 7.80. The first-order chi connectivity index (χ1) is 16.6. The molecule has 0 bridgehead atoms. The van der Waals surface area contributed by atoms with Gasteiger partial charge < -0.3 is 14.2 Å². The molecule has 0 atom stereocenters. The molecule has 0 aliphatic rings. The van der Waals surface area contributed by atoms with Crippen LogP contribution in [0.3, 0.4) is 0 Å². The minimum absolute atomic E-state index is 0.353. The molecule has 0 saturated heterocycles. The maximum absolute atomic E-state index is 11.6. The summed E-state index contributed by atoms with van der Waals surface area (Å²) >= 11 is 0. The highest BCUT2D eigenvalue weighted by atomic mass is 16.5. The highest BCUT2D eigenvalue weighted by Crippen LogP contribution is 2.43. The molecule has 0 fully saturated rings. The summed E-state index contributed by atoms with van der Waals surface area (Å²) in [5.41, 5.74) is 4.30. The van der Waals surface area contributed by atoms with E-state index in [-0.39, 0.29) is 5.97 Å². The van der Waals surface area contributed by atoms with Crippen molar-refractivity contribution in [2.45, 2.75) is 20.3 Å². The van der Waals surface area contributed by atoms with Crippen LogP contribution in [0.25, 0.3) is 28.0 Å². The second-order valence-corrected chi connectivity index (χ2v) is 7.80. The number of rotatable bonds is 8. The molecule has 0 aromatic heterocycles. The lowest BCUT2D eigenvalue weighted by Crippen LogP contribution is -1.98. The van der Waals surface area contributed by atoms with E-state index in [1.807, 2.05) is 60.7 Å². The molecule has 0 heterocycles. The third-order valence-electron chi connectivity index (χ3n) is 5.62. The minimum Gasteiger partial charge on any atom is -0.497 e. The quantitative estimate of drug-likeness (QED) is 0.206. The van der Waals surface area contributed by atoms with E-state index < -0.39 is 0 Å². The molecule has 4 nitrogen and oxygen atoms in total. The van der Waals surface area contributed by atoms with Gasteiger partial charge in [0.1, 0.15) is 17.2 Å². The number of aryl methyl sites for hydroxylation is 1. The first kappa shape index (κ1) is 23.1. The Morgan fingerprint density at radius 3 is 2.29 bits per heavy atom. The number of ether oxygens (including phenoxy) is 3. The molecule has 4 aromatic carbocycles. The van der Waals surface area contributed by atoms with Gasteiger partial charge in [0.2, 0.25) is 0 Å². The summed E-state index contributed by atoms with van der Waals surface area (Å²) in [6.07, 6.45) is 4.03. The Balaban J connectivity index is 1.78. The Labute approximate surface area is 200 Å². The first-order valence-electron chi connectivity index (χ1n) is 11.4. The predicted octanol–water partition coefficient (Wildman–Crippen LogP) is 7.45. The molecule has 0 amide bonds. The number of methoxy groups -OCH3 is 1. The van der Waals surface area contributed by atoms with E-state index in [9.17, 15) is 4.79 Å². The molecule has 0 spiro atoms. The molecule has 4 heteroatoms. The molecular weight excluding hydrogens is 424 g/mol. The van der Waals surface area contributed by atoms with Crippen LogP contribution in [0.4, 0.5) is 0 Å². The topological polar surface area (TPSA) is 44.8 Å². The molecular formula is C30H28O4. The number of carbonyl (C=O) groups is 1. The van der Waals surface area contributed by atoms with Crippen molar-refractivity contribution in [3.63, 3.8) is 0 Å². The average molecular weight is 453 g/mol. The number of benzene rings is 4. The van der Waals surface area contributed by atoms with Crippen molar-refractivity contribution in [2.75, 3.05) is 13.7 Å².